The van der Waals surface area contributed by atoms with Crippen molar-refractivity contribution in [3.05, 3.63) is 41.5 Å². The SMILES string of the molecule is COc1ccc(C2CC(=O)c3c(O)cc(O[C@@H]4C[C@H](CO)[C@@H](O)[C@H](O)[C@H]4O)cc3O2)cc1O. The molecule has 0 bridgehead atoms. The minimum atomic E-state index is -1.52. The van der Waals surface area contributed by atoms with Gasteiger partial charge in [-0.05, 0) is 24.1 Å². The van der Waals surface area contributed by atoms with Crippen molar-refractivity contribution in [2.24, 2.45) is 5.92 Å². The van der Waals surface area contributed by atoms with Gasteiger partial charge in [0, 0.05) is 24.7 Å². The third-order valence-corrected chi connectivity index (χ3v) is 6.17. The van der Waals surface area contributed by atoms with Crippen molar-refractivity contribution in [1.29, 1.82) is 0 Å². The first-order valence-electron chi connectivity index (χ1n) is 10.5. The quantitative estimate of drug-likeness (QED) is 0.371. The van der Waals surface area contributed by atoms with Crippen molar-refractivity contribution in [2.75, 3.05) is 13.7 Å². The van der Waals surface area contributed by atoms with E-state index in [0.717, 1.165) is 0 Å². The molecule has 0 aromatic heterocycles. The highest BCUT2D eigenvalue weighted by Gasteiger charge is 2.44. The van der Waals surface area contributed by atoms with Crippen LogP contribution in [0.15, 0.2) is 30.3 Å². The van der Waals surface area contributed by atoms with Crippen LogP contribution in [0.1, 0.15) is 34.9 Å². The first kappa shape index (κ1) is 23.1. The van der Waals surface area contributed by atoms with E-state index >= 15 is 0 Å². The van der Waals surface area contributed by atoms with Crippen molar-refractivity contribution in [2.45, 2.75) is 43.4 Å². The molecule has 2 aromatic rings. The van der Waals surface area contributed by atoms with Gasteiger partial charge in [0.15, 0.2) is 17.3 Å². The maximum Gasteiger partial charge on any atom is 0.174 e. The molecule has 0 radical (unpaired) electrons. The van der Waals surface area contributed by atoms with Crippen molar-refractivity contribution in [1.82, 2.24) is 0 Å². The Morgan fingerprint density at radius 1 is 1.03 bits per heavy atom. The molecular formula is C23H26O10. The van der Waals surface area contributed by atoms with Crippen LogP contribution < -0.4 is 14.2 Å². The monoisotopic (exact) mass is 462 g/mol. The van der Waals surface area contributed by atoms with Gasteiger partial charge >= 0.3 is 0 Å². The fourth-order valence-corrected chi connectivity index (χ4v) is 4.33. The summed E-state index contributed by atoms with van der Waals surface area (Å²) in [6.07, 6.45) is -5.96. The summed E-state index contributed by atoms with van der Waals surface area (Å²) in [7, 11) is 1.42. The summed E-state index contributed by atoms with van der Waals surface area (Å²) in [6, 6.07) is 7.23. The van der Waals surface area contributed by atoms with Crippen LogP contribution in [0.5, 0.6) is 28.7 Å². The lowest BCUT2D eigenvalue weighted by atomic mass is 9.81. The lowest BCUT2D eigenvalue weighted by Gasteiger charge is -2.39. The van der Waals surface area contributed by atoms with E-state index in [2.05, 4.69) is 0 Å². The second kappa shape index (κ2) is 9.06. The Labute approximate surface area is 189 Å². The number of ether oxygens (including phenoxy) is 3. The molecule has 6 atom stereocenters. The highest BCUT2D eigenvalue weighted by Crippen LogP contribution is 2.43. The highest BCUT2D eigenvalue weighted by molar-refractivity contribution is 6.02. The van der Waals surface area contributed by atoms with E-state index in [1.165, 1.54) is 25.3 Å². The fraction of sp³-hybridized carbons (Fsp3) is 0.435. The number of hydrogen-bond donors (Lipinski definition) is 6. The van der Waals surface area contributed by atoms with E-state index < -0.39 is 43.0 Å². The number of carbonyl (C=O) groups is 1. The second-order valence-corrected chi connectivity index (χ2v) is 8.29. The van der Waals surface area contributed by atoms with Gasteiger partial charge in [-0.2, -0.15) is 0 Å². The van der Waals surface area contributed by atoms with Crippen LogP contribution in [0, 0.1) is 5.92 Å². The normalized spacial score (nSPS) is 29.2. The van der Waals surface area contributed by atoms with Crippen molar-refractivity contribution in [3.63, 3.8) is 0 Å². The summed E-state index contributed by atoms with van der Waals surface area (Å²) < 4.78 is 16.7. The molecule has 33 heavy (non-hydrogen) atoms. The van der Waals surface area contributed by atoms with Gasteiger partial charge in [-0.1, -0.05) is 6.07 Å². The Morgan fingerprint density at radius 2 is 1.79 bits per heavy atom. The molecule has 10 heteroatoms. The smallest absolute Gasteiger partial charge is 0.174 e. The molecule has 2 aromatic carbocycles. The highest BCUT2D eigenvalue weighted by atomic mass is 16.5. The number of methoxy groups -OCH3 is 1. The Bertz CT molecular complexity index is 1040. The lowest BCUT2D eigenvalue weighted by molar-refractivity contribution is -0.157. The maximum absolute atomic E-state index is 12.7. The molecule has 2 aliphatic rings. The summed E-state index contributed by atoms with van der Waals surface area (Å²) in [5.74, 6) is -1.14. The van der Waals surface area contributed by atoms with E-state index in [1.54, 1.807) is 12.1 Å². The summed E-state index contributed by atoms with van der Waals surface area (Å²) in [6.45, 7) is -0.408. The van der Waals surface area contributed by atoms with Gasteiger partial charge in [0.05, 0.1) is 19.6 Å². The zero-order valence-corrected chi connectivity index (χ0v) is 17.8. The number of aromatic hydroxyl groups is 2. The number of hydrogen-bond acceptors (Lipinski definition) is 10. The molecule has 0 spiro atoms. The average molecular weight is 462 g/mol. The van der Waals surface area contributed by atoms with Gasteiger partial charge in [-0.3, -0.25) is 4.79 Å². The van der Waals surface area contributed by atoms with Crippen LogP contribution in [-0.4, -0.2) is 74.6 Å². The van der Waals surface area contributed by atoms with Gasteiger partial charge in [0.1, 0.15) is 47.2 Å². The predicted octanol–water partition coefficient (Wildman–Crippen LogP) is 0.655. The first-order chi connectivity index (χ1) is 15.7. The molecule has 1 aliphatic carbocycles. The summed E-state index contributed by atoms with van der Waals surface area (Å²) in [5, 5.41) is 60.2. The molecule has 1 heterocycles. The largest absolute Gasteiger partial charge is 0.507 e. The number of phenolic OH excluding ortho intramolecular Hbond substituents is 2. The van der Waals surface area contributed by atoms with E-state index in [0.29, 0.717) is 5.56 Å². The lowest BCUT2D eigenvalue weighted by Crippen LogP contribution is -2.56. The number of carbonyl (C=O) groups excluding carboxylic acids is 1. The fourth-order valence-electron chi connectivity index (χ4n) is 4.33. The molecule has 1 saturated carbocycles. The number of Topliss-reactive ketones (excluding diaryl/α,β-unsaturated/α-hetero) is 1. The van der Waals surface area contributed by atoms with Crippen molar-refractivity contribution >= 4 is 5.78 Å². The number of ketones is 1. The van der Waals surface area contributed by atoms with Crippen LogP contribution in [0.4, 0.5) is 0 Å². The number of aliphatic hydroxyl groups is 4. The number of benzene rings is 2. The molecule has 178 valence electrons. The molecular weight excluding hydrogens is 436 g/mol. The molecule has 6 N–H and O–H groups in total. The van der Waals surface area contributed by atoms with Gasteiger partial charge in [-0.25, -0.2) is 0 Å². The minimum Gasteiger partial charge on any atom is -0.507 e. The number of fused-ring (bicyclic) bond motifs is 1. The third-order valence-electron chi connectivity index (χ3n) is 6.17. The molecule has 0 amide bonds. The Balaban J connectivity index is 1.60. The van der Waals surface area contributed by atoms with Crippen molar-refractivity contribution < 1.29 is 49.6 Å². The van der Waals surface area contributed by atoms with E-state index in [9.17, 15) is 35.4 Å². The second-order valence-electron chi connectivity index (χ2n) is 8.29. The van der Waals surface area contributed by atoms with Crippen LogP contribution in [0.25, 0.3) is 0 Å². The van der Waals surface area contributed by atoms with E-state index in [-0.39, 0.29) is 52.9 Å². The topological polar surface area (TPSA) is 166 Å². The number of phenols is 2. The Kier molecular flexibility index (Phi) is 6.35. The van der Waals surface area contributed by atoms with Crippen LogP contribution in [-0.2, 0) is 0 Å². The Hall–Kier alpha value is -3.05. The minimum absolute atomic E-state index is 0.00998. The van der Waals surface area contributed by atoms with E-state index in [1.807, 2.05) is 0 Å². The summed E-state index contributed by atoms with van der Waals surface area (Å²) >= 11 is 0. The number of aliphatic hydroxyl groups excluding tert-OH is 4. The molecule has 1 aliphatic heterocycles. The third kappa shape index (κ3) is 4.30. The molecule has 1 unspecified atom stereocenters. The zero-order valence-electron chi connectivity index (χ0n) is 17.8. The van der Waals surface area contributed by atoms with Crippen molar-refractivity contribution in [3.8, 4) is 28.7 Å². The standard InChI is InChI=1S/C23H26O10/c1-31-16-3-2-10(4-13(16)25)17-8-15(27)20-14(26)6-12(7-18(20)33-17)32-19-5-11(9-24)21(28)23(30)22(19)29/h2-4,6-7,11,17,19,21-26,28-30H,5,8-9H2,1H3/t11-,17?,19-,21-,22+,23+/m1/s1. The van der Waals surface area contributed by atoms with Crippen LogP contribution in [0.3, 0.4) is 0 Å². The number of rotatable bonds is 5. The van der Waals surface area contributed by atoms with Crippen LogP contribution in [0.2, 0.25) is 0 Å². The first-order valence-corrected chi connectivity index (χ1v) is 10.5. The predicted molar refractivity (Wildman–Crippen MR) is 113 cm³/mol. The summed E-state index contributed by atoms with van der Waals surface area (Å²) in [4.78, 5) is 12.7. The molecule has 4 rings (SSSR count). The molecule has 10 nitrogen and oxygen atoms in total. The maximum atomic E-state index is 12.7. The van der Waals surface area contributed by atoms with Gasteiger partial charge in [0.25, 0.3) is 0 Å². The Morgan fingerprint density at radius 3 is 2.45 bits per heavy atom. The zero-order chi connectivity index (χ0) is 23.9. The van der Waals surface area contributed by atoms with Gasteiger partial charge < -0.3 is 44.8 Å². The van der Waals surface area contributed by atoms with Gasteiger partial charge in [0.2, 0.25) is 0 Å². The van der Waals surface area contributed by atoms with Crippen LogP contribution >= 0.6 is 0 Å². The van der Waals surface area contributed by atoms with Gasteiger partial charge in [-0.15, -0.1) is 0 Å². The molecule has 0 saturated heterocycles. The average Bonchev–Trinajstić information content (AvgIpc) is 2.78. The van der Waals surface area contributed by atoms with E-state index in [4.69, 9.17) is 14.2 Å². The summed E-state index contributed by atoms with van der Waals surface area (Å²) in [5.41, 5.74) is 0.521. The molecule has 1 fully saturated rings.